The van der Waals surface area contributed by atoms with Crippen LogP contribution in [0.4, 0.5) is 17.1 Å². The molecule has 0 saturated heterocycles. The van der Waals surface area contributed by atoms with Gasteiger partial charge in [-0.2, -0.15) is 0 Å². The average Bonchev–Trinajstić information content (AvgIpc) is 3.50. The molecule has 0 heterocycles. The summed E-state index contributed by atoms with van der Waals surface area (Å²) in [5, 5.41) is 13.2. The van der Waals surface area contributed by atoms with Crippen LogP contribution in [0.2, 0.25) is 0 Å². The minimum Gasteiger partial charge on any atom is -0.310 e. The molecule has 270 valence electrons. The lowest BCUT2D eigenvalue weighted by molar-refractivity contribution is 0.660. The standard InChI is InChI=1S/C55H41NSi/c1-55(2)51-24-13-12-23-49(51)50-34-31-43(37-52(50)55)56(44-35-40-27-25-38-15-14-16-39-26-28-41(36-44)54(40)53(38)39)42-29-32-48(33-30-42)57(45-17-6-3-7-18-45,46-19-8-4-9-20-46)47-21-10-5-11-22-47/h3-37H,1-2H3. The Bertz CT molecular complexity index is 2920. The highest BCUT2D eigenvalue weighted by Gasteiger charge is 2.41. The van der Waals surface area contributed by atoms with E-state index in [1.165, 1.54) is 75.3 Å². The van der Waals surface area contributed by atoms with E-state index in [2.05, 4.69) is 231 Å². The first kappa shape index (κ1) is 33.6. The van der Waals surface area contributed by atoms with Gasteiger partial charge in [-0.3, -0.25) is 0 Å². The second kappa shape index (κ2) is 12.9. The molecule has 0 radical (unpaired) electrons. The van der Waals surface area contributed by atoms with Gasteiger partial charge in [0.05, 0.1) is 0 Å². The largest absolute Gasteiger partial charge is 0.310 e. The maximum absolute atomic E-state index is 2.68. The molecule has 0 amide bonds. The van der Waals surface area contributed by atoms with Crippen LogP contribution in [0.15, 0.2) is 212 Å². The fraction of sp³-hybridized carbons (Fsp3) is 0.0545. The third-order valence-electron chi connectivity index (χ3n) is 12.7. The maximum Gasteiger partial charge on any atom is 0.179 e. The molecule has 10 aromatic rings. The van der Waals surface area contributed by atoms with Crippen molar-refractivity contribution in [3.8, 4) is 11.1 Å². The lowest BCUT2D eigenvalue weighted by Gasteiger charge is -2.35. The van der Waals surface area contributed by atoms with Crippen molar-refractivity contribution in [1.82, 2.24) is 0 Å². The smallest absolute Gasteiger partial charge is 0.179 e. The summed E-state index contributed by atoms with van der Waals surface area (Å²) in [4.78, 5) is 2.48. The minimum absolute atomic E-state index is 0.114. The Morgan fingerprint density at radius 2 is 0.789 bits per heavy atom. The zero-order valence-corrected chi connectivity index (χ0v) is 33.2. The van der Waals surface area contributed by atoms with Crippen molar-refractivity contribution in [2.75, 3.05) is 4.90 Å². The summed E-state index contributed by atoms with van der Waals surface area (Å²) >= 11 is 0. The van der Waals surface area contributed by atoms with Crippen molar-refractivity contribution in [1.29, 1.82) is 0 Å². The second-order valence-corrected chi connectivity index (χ2v) is 19.9. The Balaban J connectivity index is 1.14. The maximum atomic E-state index is 2.48. The van der Waals surface area contributed by atoms with Crippen molar-refractivity contribution >= 4 is 78.2 Å². The molecule has 0 spiro atoms. The van der Waals surface area contributed by atoms with Gasteiger partial charge in [0.2, 0.25) is 0 Å². The zero-order chi connectivity index (χ0) is 38.1. The summed E-state index contributed by atoms with van der Waals surface area (Å²) < 4.78 is 0. The first-order valence-electron chi connectivity index (χ1n) is 20.0. The van der Waals surface area contributed by atoms with Crippen LogP contribution in [-0.4, -0.2) is 8.07 Å². The van der Waals surface area contributed by atoms with E-state index < -0.39 is 8.07 Å². The number of hydrogen-bond acceptors (Lipinski definition) is 1. The Labute approximate surface area is 335 Å². The monoisotopic (exact) mass is 743 g/mol. The summed E-state index contributed by atoms with van der Waals surface area (Å²) in [6.45, 7) is 4.74. The summed E-state index contributed by atoms with van der Waals surface area (Å²) in [7, 11) is -2.68. The van der Waals surface area contributed by atoms with E-state index in [-0.39, 0.29) is 5.41 Å². The van der Waals surface area contributed by atoms with Gasteiger partial charge in [-0.05, 0) is 112 Å². The third kappa shape index (κ3) is 5.07. The van der Waals surface area contributed by atoms with Gasteiger partial charge in [-0.15, -0.1) is 0 Å². The molecule has 0 N–H and O–H groups in total. The van der Waals surface area contributed by atoms with E-state index in [0.717, 1.165) is 17.1 Å². The molecule has 10 aromatic carbocycles. The van der Waals surface area contributed by atoms with Crippen LogP contribution < -0.4 is 25.6 Å². The molecule has 57 heavy (non-hydrogen) atoms. The molecule has 0 unspecified atom stereocenters. The number of rotatable bonds is 7. The number of benzene rings is 10. The highest BCUT2D eigenvalue weighted by Crippen LogP contribution is 2.51. The van der Waals surface area contributed by atoms with Gasteiger partial charge in [0, 0.05) is 22.5 Å². The van der Waals surface area contributed by atoms with Gasteiger partial charge in [-0.1, -0.05) is 190 Å². The Kier molecular flexibility index (Phi) is 7.61. The Morgan fingerprint density at radius 3 is 1.37 bits per heavy atom. The van der Waals surface area contributed by atoms with E-state index in [9.17, 15) is 0 Å². The van der Waals surface area contributed by atoms with Crippen LogP contribution >= 0.6 is 0 Å². The minimum atomic E-state index is -2.68. The van der Waals surface area contributed by atoms with Crippen LogP contribution in [0.25, 0.3) is 43.4 Å². The Morgan fingerprint density at radius 1 is 0.333 bits per heavy atom. The van der Waals surface area contributed by atoms with E-state index in [1.807, 2.05) is 0 Å². The van der Waals surface area contributed by atoms with Gasteiger partial charge in [0.25, 0.3) is 0 Å². The van der Waals surface area contributed by atoms with Crippen LogP contribution in [-0.2, 0) is 5.41 Å². The number of fused-ring (bicyclic) bond motifs is 3. The Hall–Kier alpha value is -6.74. The zero-order valence-electron chi connectivity index (χ0n) is 32.2. The van der Waals surface area contributed by atoms with E-state index in [4.69, 9.17) is 0 Å². The SMILES string of the molecule is CC1(C)c2ccccc2-c2ccc(N(c3ccc([Si](c4ccccc4)(c4ccccc4)c4ccccc4)cc3)c3cc4ccc5cccc6ccc(c3)c4c56)cc21. The molecule has 11 rings (SSSR count). The summed E-state index contributed by atoms with van der Waals surface area (Å²) in [6.07, 6.45) is 0. The van der Waals surface area contributed by atoms with Gasteiger partial charge in [0.15, 0.2) is 8.07 Å². The van der Waals surface area contributed by atoms with E-state index >= 15 is 0 Å². The molecule has 0 saturated carbocycles. The first-order chi connectivity index (χ1) is 28.0. The van der Waals surface area contributed by atoms with Crippen molar-refractivity contribution in [3.05, 3.63) is 223 Å². The fourth-order valence-corrected chi connectivity index (χ4v) is 14.8. The third-order valence-corrected chi connectivity index (χ3v) is 17.5. The molecular formula is C55H41NSi. The van der Waals surface area contributed by atoms with Crippen molar-refractivity contribution in [2.24, 2.45) is 0 Å². The average molecular weight is 744 g/mol. The molecule has 0 bridgehead atoms. The molecule has 1 nitrogen and oxygen atoms in total. The fourth-order valence-electron chi connectivity index (χ4n) is 10.1. The normalized spacial score (nSPS) is 13.2. The predicted molar refractivity (Wildman–Crippen MR) is 246 cm³/mol. The molecule has 1 aliphatic rings. The van der Waals surface area contributed by atoms with E-state index in [1.54, 1.807) is 0 Å². The van der Waals surface area contributed by atoms with Gasteiger partial charge < -0.3 is 4.90 Å². The van der Waals surface area contributed by atoms with Crippen LogP contribution in [0, 0.1) is 0 Å². The summed E-state index contributed by atoms with van der Waals surface area (Å²) in [5.41, 5.74) is 8.76. The molecule has 0 aliphatic heterocycles. The molecule has 0 atom stereocenters. The number of nitrogens with zero attached hydrogens (tertiary/aromatic N) is 1. The van der Waals surface area contributed by atoms with Crippen LogP contribution in [0.3, 0.4) is 0 Å². The quantitative estimate of drug-likeness (QED) is 0.0893. The van der Waals surface area contributed by atoms with Gasteiger partial charge in [0.1, 0.15) is 0 Å². The van der Waals surface area contributed by atoms with Crippen LogP contribution in [0.1, 0.15) is 25.0 Å². The molecular weight excluding hydrogens is 703 g/mol. The molecule has 1 aliphatic carbocycles. The van der Waals surface area contributed by atoms with Gasteiger partial charge >= 0.3 is 0 Å². The molecule has 0 aromatic heterocycles. The molecule has 2 heteroatoms. The van der Waals surface area contributed by atoms with Crippen LogP contribution in [0.5, 0.6) is 0 Å². The lowest BCUT2D eigenvalue weighted by Crippen LogP contribution is -2.74. The van der Waals surface area contributed by atoms with Crippen molar-refractivity contribution in [3.63, 3.8) is 0 Å². The predicted octanol–water partition coefficient (Wildman–Crippen LogP) is 11.7. The van der Waals surface area contributed by atoms with Crippen molar-refractivity contribution in [2.45, 2.75) is 19.3 Å². The highest BCUT2D eigenvalue weighted by atomic mass is 28.3. The number of hydrogen-bond donors (Lipinski definition) is 0. The van der Waals surface area contributed by atoms with Crippen molar-refractivity contribution < 1.29 is 0 Å². The highest BCUT2D eigenvalue weighted by molar-refractivity contribution is 7.19. The second-order valence-electron chi connectivity index (χ2n) is 16.1. The van der Waals surface area contributed by atoms with Gasteiger partial charge in [-0.25, -0.2) is 0 Å². The lowest BCUT2D eigenvalue weighted by atomic mass is 9.82. The molecule has 0 fully saturated rings. The van der Waals surface area contributed by atoms with E-state index in [0.29, 0.717) is 0 Å². The summed E-state index contributed by atoms with van der Waals surface area (Å²) in [6, 6.07) is 79.7. The summed E-state index contributed by atoms with van der Waals surface area (Å²) in [5.74, 6) is 0. The first-order valence-corrected chi connectivity index (χ1v) is 22.0. The topological polar surface area (TPSA) is 3.24 Å². The number of anilines is 3.